The van der Waals surface area contributed by atoms with Crippen molar-refractivity contribution in [2.75, 3.05) is 25.2 Å². The van der Waals surface area contributed by atoms with Crippen molar-refractivity contribution < 1.29 is 14.6 Å². The fourth-order valence-electron chi connectivity index (χ4n) is 2.05. The van der Waals surface area contributed by atoms with Crippen molar-refractivity contribution in [1.82, 2.24) is 5.32 Å². The molecule has 0 aliphatic heterocycles. The van der Waals surface area contributed by atoms with Crippen molar-refractivity contribution in [2.24, 2.45) is 0 Å². The zero-order valence-corrected chi connectivity index (χ0v) is 13.9. The summed E-state index contributed by atoms with van der Waals surface area (Å²) in [5, 5.41) is 15.5. The summed E-state index contributed by atoms with van der Waals surface area (Å²) in [6.45, 7) is 0.125. The Morgan fingerprint density at radius 1 is 1.22 bits per heavy atom. The maximum Gasteiger partial charge on any atom is 0.319 e. The van der Waals surface area contributed by atoms with Gasteiger partial charge in [0.2, 0.25) is 0 Å². The van der Waals surface area contributed by atoms with E-state index < -0.39 is 12.1 Å². The number of hydrogen-bond donors (Lipinski definition) is 3. The van der Waals surface area contributed by atoms with Gasteiger partial charge in [-0.15, -0.1) is 11.8 Å². The van der Waals surface area contributed by atoms with Gasteiger partial charge in [-0.25, -0.2) is 4.79 Å². The molecule has 1 unspecified atom stereocenters. The molecule has 0 fully saturated rings. The zero-order chi connectivity index (χ0) is 16.7. The third-order valence-electron chi connectivity index (χ3n) is 3.31. The van der Waals surface area contributed by atoms with E-state index in [0.717, 1.165) is 10.5 Å². The van der Waals surface area contributed by atoms with E-state index in [1.165, 1.54) is 0 Å². The third kappa shape index (κ3) is 4.91. The summed E-state index contributed by atoms with van der Waals surface area (Å²) >= 11 is 1.64. The minimum absolute atomic E-state index is 0.125. The topological polar surface area (TPSA) is 70.6 Å². The van der Waals surface area contributed by atoms with Gasteiger partial charge in [-0.3, -0.25) is 0 Å². The molecule has 0 heterocycles. The van der Waals surface area contributed by atoms with Gasteiger partial charge in [0, 0.05) is 11.4 Å². The van der Waals surface area contributed by atoms with Crippen LogP contribution in [0.3, 0.4) is 0 Å². The summed E-state index contributed by atoms with van der Waals surface area (Å²) in [4.78, 5) is 13.1. The van der Waals surface area contributed by atoms with Crippen molar-refractivity contribution in [1.29, 1.82) is 0 Å². The average Bonchev–Trinajstić information content (AvgIpc) is 2.60. The van der Waals surface area contributed by atoms with Gasteiger partial charge in [0.05, 0.1) is 18.9 Å². The maximum atomic E-state index is 11.9. The molecule has 0 spiro atoms. The lowest BCUT2D eigenvalue weighted by Gasteiger charge is -2.14. The standard InChI is InChI=1S/C17H20N2O3S/c1-22-16-6-4-3-5-14(16)19-17(21)18-11-15(20)12-7-9-13(23-2)10-8-12/h3-10,15,20H,11H2,1-2H3,(H2,18,19,21). The molecule has 23 heavy (non-hydrogen) atoms. The van der Waals surface area contributed by atoms with E-state index in [1.807, 2.05) is 36.6 Å². The van der Waals surface area contributed by atoms with E-state index in [2.05, 4.69) is 10.6 Å². The van der Waals surface area contributed by atoms with Crippen LogP contribution < -0.4 is 15.4 Å². The number of hydrogen-bond acceptors (Lipinski definition) is 4. The van der Waals surface area contributed by atoms with Crippen LogP contribution in [0.5, 0.6) is 5.75 Å². The van der Waals surface area contributed by atoms with Gasteiger partial charge < -0.3 is 20.5 Å². The molecule has 3 N–H and O–H groups in total. The Labute approximate surface area is 140 Å². The van der Waals surface area contributed by atoms with Crippen LogP contribution in [0.15, 0.2) is 53.4 Å². The first-order valence-electron chi connectivity index (χ1n) is 7.14. The molecule has 0 bridgehead atoms. The first kappa shape index (κ1) is 17.2. The summed E-state index contributed by atoms with van der Waals surface area (Å²) in [5.41, 5.74) is 1.34. The first-order chi connectivity index (χ1) is 11.1. The number of thioether (sulfide) groups is 1. The Balaban J connectivity index is 1.88. The highest BCUT2D eigenvalue weighted by Gasteiger charge is 2.11. The molecule has 0 aliphatic rings. The number of methoxy groups -OCH3 is 1. The Bertz CT molecular complexity index is 647. The lowest BCUT2D eigenvalue weighted by Crippen LogP contribution is -2.32. The number of ether oxygens (including phenoxy) is 1. The number of rotatable bonds is 6. The molecule has 0 radical (unpaired) electrons. The number of carbonyl (C=O) groups is 1. The quantitative estimate of drug-likeness (QED) is 0.710. The van der Waals surface area contributed by atoms with Crippen LogP contribution >= 0.6 is 11.8 Å². The fraction of sp³-hybridized carbons (Fsp3) is 0.235. The van der Waals surface area contributed by atoms with Crippen molar-refractivity contribution in [2.45, 2.75) is 11.0 Å². The van der Waals surface area contributed by atoms with Crippen molar-refractivity contribution in [3.63, 3.8) is 0 Å². The molecule has 2 rings (SSSR count). The molecule has 6 heteroatoms. The Kier molecular flexibility index (Phi) is 6.31. The molecule has 0 saturated carbocycles. The number of amides is 2. The van der Waals surface area contributed by atoms with Crippen molar-refractivity contribution in [3.8, 4) is 5.75 Å². The average molecular weight is 332 g/mol. The number of carbonyl (C=O) groups excluding carboxylic acids is 1. The van der Waals surface area contributed by atoms with Crippen LogP contribution in [0.4, 0.5) is 10.5 Å². The van der Waals surface area contributed by atoms with Crippen LogP contribution in [0.2, 0.25) is 0 Å². The minimum atomic E-state index is -0.755. The van der Waals surface area contributed by atoms with Gasteiger partial charge in [-0.05, 0) is 36.1 Å². The number of anilines is 1. The van der Waals surface area contributed by atoms with Crippen LogP contribution in [0.1, 0.15) is 11.7 Å². The van der Waals surface area contributed by atoms with Gasteiger partial charge in [0.25, 0.3) is 0 Å². The second-order valence-electron chi connectivity index (χ2n) is 4.82. The second kappa shape index (κ2) is 8.45. The largest absolute Gasteiger partial charge is 0.495 e. The van der Waals surface area contributed by atoms with Gasteiger partial charge in [-0.1, -0.05) is 24.3 Å². The van der Waals surface area contributed by atoms with E-state index in [1.54, 1.807) is 37.1 Å². The molecule has 2 amide bonds. The summed E-state index contributed by atoms with van der Waals surface area (Å²) < 4.78 is 5.17. The summed E-state index contributed by atoms with van der Waals surface area (Å²) in [5.74, 6) is 0.579. The molecule has 0 saturated heterocycles. The molecule has 122 valence electrons. The highest BCUT2D eigenvalue weighted by molar-refractivity contribution is 7.98. The Morgan fingerprint density at radius 2 is 1.91 bits per heavy atom. The molecular formula is C17H20N2O3S. The second-order valence-corrected chi connectivity index (χ2v) is 5.70. The van der Waals surface area contributed by atoms with E-state index >= 15 is 0 Å². The molecule has 2 aromatic rings. The monoisotopic (exact) mass is 332 g/mol. The van der Waals surface area contributed by atoms with E-state index in [4.69, 9.17) is 4.74 Å². The van der Waals surface area contributed by atoms with Crippen molar-refractivity contribution >= 4 is 23.5 Å². The van der Waals surface area contributed by atoms with Gasteiger partial charge in [0.15, 0.2) is 0 Å². The number of aliphatic hydroxyl groups excluding tert-OH is 1. The summed E-state index contributed by atoms with van der Waals surface area (Å²) in [6, 6.07) is 14.3. The highest BCUT2D eigenvalue weighted by Crippen LogP contribution is 2.23. The SMILES string of the molecule is COc1ccccc1NC(=O)NCC(O)c1ccc(SC)cc1. The molecule has 1 atom stereocenters. The van der Waals surface area contributed by atoms with Crippen molar-refractivity contribution in [3.05, 3.63) is 54.1 Å². The number of para-hydroxylation sites is 2. The predicted octanol–water partition coefficient (Wildman–Crippen LogP) is 3.27. The van der Waals surface area contributed by atoms with Crippen LogP contribution in [-0.2, 0) is 0 Å². The van der Waals surface area contributed by atoms with E-state index in [9.17, 15) is 9.90 Å². The van der Waals surface area contributed by atoms with Crippen LogP contribution in [0, 0.1) is 0 Å². The van der Waals surface area contributed by atoms with Gasteiger partial charge in [0.1, 0.15) is 5.75 Å². The van der Waals surface area contributed by atoms with Crippen LogP contribution in [0.25, 0.3) is 0 Å². The number of urea groups is 1. The Morgan fingerprint density at radius 3 is 2.57 bits per heavy atom. The minimum Gasteiger partial charge on any atom is -0.495 e. The number of aliphatic hydroxyl groups is 1. The molecule has 0 aromatic heterocycles. The summed E-state index contributed by atoms with van der Waals surface area (Å²) in [7, 11) is 1.54. The normalized spacial score (nSPS) is 11.6. The fourth-order valence-corrected chi connectivity index (χ4v) is 2.46. The van der Waals surface area contributed by atoms with Gasteiger partial charge in [-0.2, -0.15) is 0 Å². The lowest BCUT2D eigenvalue weighted by atomic mass is 10.1. The molecule has 0 aliphatic carbocycles. The zero-order valence-electron chi connectivity index (χ0n) is 13.1. The van der Waals surface area contributed by atoms with E-state index in [0.29, 0.717) is 11.4 Å². The van der Waals surface area contributed by atoms with E-state index in [-0.39, 0.29) is 6.54 Å². The smallest absolute Gasteiger partial charge is 0.319 e. The molecular weight excluding hydrogens is 312 g/mol. The number of benzene rings is 2. The first-order valence-corrected chi connectivity index (χ1v) is 8.36. The molecule has 5 nitrogen and oxygen atoms in total. The van der Waals surface area contributed by atoms with Gasteiger partial charge >= 0.3 is 6.03 Å². The highest BCUT2D eigenvalue weighted by atomic mass is 32.2. The number of nitrogens with one attached hydrogen (secondary N) is 2. The lowest BCUT2D eigenvalue weighted by molar-refractivity contribution is 0.175. The van der Waals surface area contributed by atoms with Crippen LogP contribution in [-0.4, -0.2) is 31.0 Å². The predicted molar refractivity (Wildman–Crippen MR) is 93.2 cm³/mol. The maximum absolute atomic E-state index is 11.9. The third-order valence-corrected chi connectivity index (χ3v) is 4.06. The Hall–Kier alpha value is -2.18. The molecule has 2 aromatic carbocycles. The summed E-state index contributed by atoms with van der Waals surface area (Å²) in [6.07, 6.45) is 1.24.